The van der Waals surface area contributed by atoms with E-state index in [9.17, 15) is 19.2 Å². The molecular formula is C32H28N6O4. The third kappa shape index (κ3) is 8.18. The number of nitrogens with zero attached hydrogens (tertiary/aromatic N) is 4. The first-order valence-electron chi connectivity index (χ1n) is 13.0. The van der Waals surface area contributed by atoms with E-state index < -0.39 is 35.5 Å². The Labute approximate surface area is 242 Å². The maximum absolute atomic E-state index is 12.5. The van der Waals surface area contributed by atoms with Crippen molar-refractivity contribution in [1.82, 2.24) is 0 Å². The van der Waals surface area contributed by atoms with E-state index in [1.165, 1.54) is 13.8 Å². The van der Waals surface area contributed by atoms with E-state index in [2.05, 4.69) is 31.1 Å². The summed E-state index contributed by atoms with van der Waals surface area (Å²) in [5, 5.41) is 21.5. The Bertz CT molecular complexity index is 1480. The topological polar surface area (TPSA) is 142 Å². The van der Waals surface area contributed by atoms with Crippen LogP contribution in [-0.2, 0) is 19.2 Å². The lowest BCUT2D eigenvalue weighted by atomic mass is 10.1. The van der Waals surface area contributed by atoms with E-state index in [1.54, 1.807) is 72.8 Å². The first-order chi connectivity index (χ1) is 20.3. The van der Waals surface area contributed by atoms with E-state index in [-0.39, 0.29) is 0 Å². The van der Waals surface area contributed by atoms with E-state index in [4.69, 9.17) is 0 Å². The second kappa shape index (κ2) is 14.1. The Kier molecular flexibility index (Phi) is 9.87. The van der Waals surface area contributed by atoms with Crippen LogP contribution >= 0.6 is 0 Å². The van der Waals surface area contributed by atoms with Crippen molar-refractivity contribution in [3.05, 3.63) is 109 Å². The fourth-order valence-electron chi connectivity index (χ4n) is 3.79. The minimum absolute atomic E-state index is 0.424. The van der Waals surface area contributed by atoms with Gasteiger partial charge in [-0.25, -0.2) is 0 Å². The summed E-state index contributed by atoms with van der Waals surface area (Å²) < 4.78 is 0. The van der Waals surface area contributed by atoms with E-state index in [0.717, 1.165) is 11.1 Å². The predicted molar refractivity (Wildman–Crippen MR) is 160 cm³/mol. The number of anilines is 2. The number of hydrogen-bond donors (Lipinski definition) is 2. The van der Waals surface area contributed by atoms with Crippen LogP contribution in [0.15, 0.2) is 130 Å². The maximum atomic E-state index is 12.5. The molecule has 0 aliphatic rings. The van der Waals surface area contributed by atoms with Gasteiger partial charge in [-0.1, -0.05) is 60.7 Å². The molecular weight excluding hydrogens is 532 g/mol. The van der Waals surface area contributed by atoms with Crippen LogP contribution < -0.4 is 10.6 Å². The van der Waals surface area contributed by atoms with Crippen molar-refractivity contribution in [2.24, 2.45) is 20.5 Å². The number of benzene rings is 4. The number of nitrogens with one attached hydrogen (secondary N) is 2. The molecule has 0 bridgehead atoms. The SMILES string of the molecule is CC(=O)C(N=Nc1ccc(-c2ccc(N=NC(C(C)=O)C(=O)Nc3ccccc3)cc2)cc1)C(=O)Nc1ccccc1. The number of ketones is 2. The van der Waals surface area contributed by atoms with Gasteiger partial charge in [0.1, 0.15) is 0 Å². The van der Waals surface area contributed by atoms with Gasteiger partial charge in [-0.05, 0) is 73.5 Å². The van der Waals surface area contributed by atoms with E-state index in [0.29, 0.717) is 22.7 Å². The summed E-state index contributed by atoms with van der Waals surface area (Å²) in [6, 6.07) is 29.3. The lowest BCUT2D eigenvalue weighted by molar-refractivity contribution is -0.127. The highest BCUT2D eigenvalue weighted by Gasteiger charge is 2.24. The molecule has 10 heteroatoms. The molecule has 2 unspecified atom stereocenters. The van der Waals surface area contributed by atoms with E-state index in [1.807, 2.05) is 36.4 Å². The lowest BCUT2D eigenvalue weighted by Crippen LogP contribution is -2.31. The van der Waals surface area contributed by atoms with Gasteiger partial charge < -0.3 is 10.6 Å². The third-order valence-electron chi connectivity index (χ3n) is 5.99. The highest BCUT2D eigenvalue weighted by molar-refractivity contribution is 6.10. The summed E-state index contributed by atoms with van der Waals surface area (Å²) >= 11 is 0. The summed E-state index contributed by atoms with van der Waals surface area (Å²) in [6.45, 7) is 2.58. The number of carbonyl (C=O) groups excluding carboxylic acids is 4. The molecule has 0 spiro atoms. The number of para-hydroxylation sites is 2. The largest absolute Gasteiger partial charge is 0.324 e. The number of azo groups is 2. The molecule has 42 heavy (non-hydrogen) atoms. The molecule has 4 rings (SSSR count). The summed E-state index contributed by atoms with van der Waals surface area (Å²) in [4.78, 5) is 49.1. The maximum Gasteiger partial charge on any atom is 0.258 e. The van der Waals surface area contributed by atoms with Crippen molar-refractivity contribution < 1.29 is 19.2 Å². The molecule has 2 amide bonds. The summed E-state index contributed by atoms with van der Waals surface area (Å²) in [5.74, 6) is -1.96. The Morgan fingerprint density at radius 1 is 0.500 bits per heavy atom. The first kappa shape index (κ1) is 29.3. The van der Waals surface area contributed by atoms with Crippen molar-refractivity contribution in [2.45, 2.75) is 25.9 Å². The molecule has 2 atom stereocenters. The summed E-state index contributed by atoms with van der Waals surface area (Å²) in [6.07, 6.45) is 0. The first-order valence-corrected chi connectivity index (χ1v) is 13.0. The quantitative estimate of drug-likeness (QED) is 0.155. The Balaban J connectivity index is 1.39. The molecule has 0 aromatic heterocycles. The minimum atomic E-state index is -1.27. The number of amides is 2. The highest BCUT2D eigenvalue weighted by atomic mass is 16.2. The fourth-order valence-corrected chi connectivity index (χ4v) is 3.79. The highest BCUT2D eigenvalue weighted by Crippen LogP contribution is 2.26. The van der Waals surface area contributed by atoms with Gasteiger partial charge in [0.25, 0.3) is 11.8 Å². The van der Waals surface area contributed by atoms with Crippen LogP contribution in [0.3, 0.4) is 0 Å². The average Bonchev–Trinajstić information content (AvgIpc) is 2.99. The Morgan fingerprint density at radius 3 is 1.14 bits per heavy atom. The zero-order valence-electron chi connectivity index (χ0n) is 23.0. The molecule has 0 radical (unpaired) electrons. The van der Waals surface area contributed by atoms with Crippen LogP contribution in [0.25, 0.3) is 11.1 Å². The molecule has 210 valence electrons. The van der Waals surface area contributed by atoms with Crippen molar-refractivity contribution in [1.29, 1.82) is 0 Å². The average molecular weight is 561 g/mol. The molecule has 0 saturated heterocycles. The van der Waals surface area contributed by atoms with Gasteiger partial charge >= 0.3 is 0 Å². The van der Waals surface area contributed by atoms with Gasteiger partial charge in [0.05, 0.1) is 11.4 Å². The molecule has 0 heterocycles. The summed E-state index contributed by atoms with van der Waals surface area (Å²) in [7, 11) is 0. The molecule has 2 N–H and O–H groups in total. The Morgan fingerprint density at radius 2 is 0.833 bits per heavy atom. The van der Waals surface area contributed by atoms with Gasteiger partial charge in [-0.3, -0.25) is 19.2 Å². The number of carbonyl (C=O) groups is 4. The van der Waals surface area contributed by atoms with Crippen LogP contribution in [-0.4, -0.2) is 35.5 Å². The predicted octanol–water partition coefficient (Wildman–Crippen LogP) is 6.71. The van der Waals surface area contributed by atoms with Crippen molar-refractivity contribution in [3.63, 3.8) is 0 Å². The van der Waals surface area contributed by atoms with Gasteiger partial charge in [0.2, 0.25) is 12.1 Å². The number of Topliss-reactive ketones (excluding diaryl/α,β-unsaturated/α-hetero) is 2. The molecule has 4 aromatic carbocycles. The third-order valence-corrected chi connectivity index (χ3v) is 5.99. The fraction of sp³-hybridized carbons (Fsp3) is 0.125. The van der Waals surface area contributed by atoms with Crippen LogP contribution in [0.1, 0.15) is 13.8 Å². The molecule has 0 saturated carbocycles. The number of hydrogen-bond acceptors (Lipinski definition) is 8. The smallest absolute Gasteiger partial charge is 0.258 e. The van der Waals surface area contributed by atoms with Crippen molar-refractivity contribution in [3.8, 4) is 11.1 Å². The molecule has 4 aromatic rings. The molecule has 10 nitrogen and oxygen atoms in total. The van der Waals surface area contributed by atoms with Gasteiger partial charge in [-0.2, -0.15) is 20.5 Å². The van der Waals surface area contributed by atoms with Crippen molar-refractivity contribution >= 4 is 46.1 Å². The molecule has 0 aliphatic heterocycles. The van der Waals surface area contributed by atoms with Crippen LogP contribution in [0.4, 0.5) is 22.7 Å². The summed E-state index contributed by atoms with van der Waals surface area (Å²) in [5.41, 5.74) is 3.84. The van der Waals surface area contributed by atoms with Gasteiger partial charge in [-0.15, -0.1) is 0 Å². The second-order valence-corrected chi connectivity index (χ2v) is 9.26. The zero-order valence-corrected chi connectivity index (χ0v) is 23.0. The van der Waals surface area contributed by atoms with Gasteiger partial charge in [0.15, 0.2) is 11.6 Å². The van der Waals surface area contributed by atoms with Crippen LogP contribution in [0.5, 0.6) is 0 Å². The minimum Gasteiger partial charge on any atom is -0.324 e. The second-order valence-electron chi connectivity index (χ2n) is 9.26. The van der Waals surface area contributed by atoms with Crippen LogP contribution in [0.2, 0.25) is 0 Å². The molecule has 0 fully saturated rings. The standard InChI is InChI=1S/C32H28N6O4/c1-21(39)29(31(41)33-25-9-5-3-6-10-25)37-35-27-17-13-23(14-18-27)24-15-19-28(20-16-24)36-38-30(22(2)40)32(42)34-26-11-7-4-8-12-26/h3-20,29-30H,1-2H3,(H,33,41)(H,34,42). The Hall–Kier alpha value is -5.64. The zero-order chi connectivity index (χ0) is 29.9. The monoisotopic (exact) mass is 560 g/mol. The number of rotatable bonds is 11. The van der Waals surface area contributed by atoms with Crippen molar-refractivity contribution in [2.75, 3.05) is 10.6 Å². The normalized spacial score (nSPS) is 12.5. The van der Waals surface area contributed by atoms with E-state index >= 15 is 0 Å². The van der Waals surface area contributed by atoms with Gasteiger partial charge in [0, 0.05) is 11.4 Å². The lowest BCUT2D eigenvalue weighted by Gasteiger charge is -2.09. The molecule has 0 aliphatic carbocycles. The van der Waals surface area contributed by atoms with Crippen LogP contribution in [0, 0.1) is 0 Å².